The number of hydrogen-bond donors (Lipinski definition) is 1. The predicted molar refractivity (Wildman–Crippen MR) is 53.2 cm³/mol. The van der Waals surface area contributed by atoms with Crippen molar-refractivity contribution in [3.63, 3.8) is 0 Å². The van der Waals surface area contributed by atoms with E-state index in [9.17, 15) is 10.1 Å². The van der Waals surface area contributed by atoms with Crippen molar-refractivity contribution in [2.75, 3.05) is 6.61 Å². The van der Waals surface area contributed by atoms with Crippen molar-refractivity contribution in [3.05, 3.63) is 39.4 Å². The van der Waals surface area contributed by atoms with Crippen molar-refractivity contribution < 1.29 is 10.0 Å². The van der Waals surface area contributed by atoms with Crippen LogP contribution in [0, 0.1) is 17.0 Å². The Hall–Kier alpha value is -1.42. The Morgan fingerprint density at radius 3 is 2.79 bits per heavy atom. The molecular weight excluding hydrogens is 182 g/mol. The summed E-state index contributed by atoms with van der Waals surface area (Å²) in [5.74, 6) is 0. The number of aryl methyl sites for hydroxylation is 2. The zero-order chi connectivity index (χ0) is 10.6. The number of nitro groups is 1. The van der Waals surface area contributed by atoms with Gasteiger partial charge in [-0.25, -0.2) is 0 Å². The molecule has 76 valence electrons. The number of benzene rings is 1. The summed E-state index contributed by atoms with van der Waals surface area (Å²) in [5, 5.41) is 19.2. The lowest BCUT2D eigenvalue weighted by Gasteiger charge is -2.01. The van der Waals surface area contributed by atoms with Crippen LogP contribution in [0.1, 0.15) is 17.5 Å². The molecule has 0 saturated heterocycles. The van der Waals surface area contributed by atoms with Crippen molar-refractivity contribution in [1.29, 1.82) is 0 Å². The molecule has 0 atom stereocenters. The maximum atomic E-state index is 10.6. The van der Waals surface area contributed by atoms with E-state index in [1.807, 2.05) is 6.07 Å². The van der Waals surface area contributed by atoms with E-state index < -0.39 is 0 Å². The molecule has 0 heterocycles. The predicted octanol–water partition coefficient (Wildman–Crippen LogP) is 1.83. The minimum Gasteiger partial charge on any atom is -0.396 e. The van der Waals surface area contributed by atoms with Crippen LogP contribution in [0.4, 0.5) is 5.69 Å². The minimum absolute atomic E-state index is 0.113. The minimum atomic E-state index is -0.377. The van der Waals surface area contributed by atoms with Gasteiger partial charge in [0, 0.05) is 18.2 Å². The van der Waals surface area contributed by atoms with Crippen molar-refractivity contribution in [1.82, 2.24) is 0 Å². The van der Waals surface area contributed by atoms with Gasteiger partial charge in [0.15, 0.2) is 0 Å². The molecule has 0 bridgehead atoms. The molecule has 1 N–H and O–H groups in total. The molecule has 0 saturated carbocycles. The molecule has 0 aliphatic rings. The van der Waals surface area contributed by atoms with E-state index in [0.717, 1.165) is 5.56 Å². The molecule has 0 radical (unpaired) electrons. The number of rotatable bonds is 4. The Morgan fingerprint density at radius 1 is 1.50 bits per heavy atom. The Bertz CT molecular complexity index is 336. The highest BCUT2D eigenvalue weighted by Crippen LogP contribution is 2.19. The first-order valence-electron chi connectivity index (χ1n) is 4.50. The van der Waals surface area contributed by atoms with E-state index >= 15 is 0 Å². The molecule has 0 aliphatic carbocycles. The number of nitrogens with zero attached hydrogens (tertiary/aromatic N) is 1. The van der Waals surface area contributed by atoms with Gasteiger partial charge >= 0.3 is 0 Å². The van der Waals surface area contributed by atoms with Gasteiger partial charge in [-0.05, 0) is 25.3 Å². The fourth-order valence-corrected chi connectivity index (χ4v) is 1.29. The summed E-state index contributed by atoms with van der Waals surface area (Å²) in [6.45, 7) is 1.83. The van der Waals surface area contributed by atoms with Crippen LogP contribution in [0.3, 0.4) is 0 Å². The van der Waals surface area contributed by atoms with Crippen molar-refractivity contribution in [3.8, 4) is 0 Å². The second kappa shape index (κ2) is 4.72. The Kier molecular flexibility index (Phi) is 3.59. The molecule has 0 aromatic heterocycles. The quantitative estimate of drug-likeness (QED) is 0.588. The number of aliphatic hydroxyl groups is 1. The van der Waals surface area contributed by atoms with Crippen LogP contribution in [0.5, 0.6) is 0 Å². The summed E-state index contributed by atoms with van der Waals surface area (Å²) in [5.41, 5.74) is 1.72. The van der Waals surface area contributed by atoms with Crippen LogP contribution in [0.15, 0.2) is 18.2 Å². The highest BCUT2D eigenvalue weighted by atomic mass is 16.6. The molecule has 0 aliphatic heterocycles. The van der Waals surface area contributed by atoms with Gasteiger partial charge < -0.3 is 5.11 Å². The number of hydrogen-bond acceptors (Lipinski definition) is 3. The lowest BCUT2D eigenvalue weighted by molar-refractivity contribution is -0.385. The van der Waals surface area contributed by atoms with Crippen molar-refractivity contribution >= 4 is 5.69 Å². The molecule has 0 unspecified atom stereocenters. The molecule has 14 heavy (non-hydrogen) atoms. The van der Waals surface area contributed by atoms with Crippen molar-refractivity contribution in [2.24, 2.45) is 0 Å². The average molecular weight is 195 g/mol. The first-order chi connectivity index (χ1) is 6.65. The second-order valence-electron chi connectivity index (χ2n) is 3.21. The highest BCUT2D eigenvalue weighted by Gasteiger charge is 2.10. The van der Waals surface area contributed by atoms with Crippen LogP contribution >= 0.6 is 0 Å². The highest BCUT2D eigenvalue weighted by molar-refractivity contribution is 5.42. The lowest BCUT2D eigenvalue weighted by atomic mass is 10.1. The smallest absolute Gasteiger partial charge is 0.272 e. The number of nitro benzene ring substituents is 1. The fraction of sp³-hybridized carbons (Fsp3) is 0.400. The van der Waals surface area contributed by atoms with Gasteiger partial charge in [0.2, 0.25) is 0 Å². The molecule has 1 rings (SSSR count). The molecular formula is C10H13NO3. The summed E-state index contributed by atoms with van der Waals surface area (Å²) < 4.78 is 0. The van der Waals surface area contributed by atoms with Crippen LogP contribution in [-0.2, 0) is 6.42 Å². The molecule has 0 amide bonds. The van der Waals surface area contributed by atoms with E-state index in [0.29, 0.717) is 18.4 Å². The average Bonchev–Trinajstić information content (AvgIpc) is 2.16. The monoisotopic (exact) mass is 195 g/mol. The van der Waals surface area contributed by atoms with Gasteiger partial charge in [0.05, 0.1) is 4.92 Å². The van der Waals surface area contributed by atoms with Gasteiger partial charge in [-0.3, -0.25) is 10.1 Å². The topological polar surface area (TPSA) is 63.4 Å². The first kappa shape index (κ1) is 10.7. The summed E-state index contributed by atoms with van der Waals surface area (Å²) in [6.07, 6.45) is 1.32. The van der Waals surface area contributed by atoms with Crippen LogP contribution < -0.4 is 0 Å². The third kappa shape index (κ3) is 2.53. The Balaban J connectivity index is 2.89. The third-order valence-electron chi connectivity index (χ3n) is 2.09. The second-order valence-corrected chi connectivity index (χ2v) is 3.21. The molecule has 1 aromatic rings. The molecule has 0 spiro atoms. The summed E-state index contributed by atoms with van der Waals surface area (Å²) in [7, 11) is 0. The number of aliphatic hydroxyl groups excluding tert-OH is 1. The fourth-order valence-electron chi connectivity index (χ4n) is 1.29. The standard InChI is InChI=1S/C10H13NO3/c1-8-4-5-9(3-2-6-12)7-10(8)11(13)14/h4-5,7,12H,2-3,6H2,1H3. The van der Waals surface area contributed by atoms with E-state index in [-0.39, 0.29) is 17.2 Å². The SMILES string of the molecule is Cc1ccc(CCCO)cc1[N+](=O)[O-]. The van der Waals surface area contributed by atoms with Gasteiger partial charge in [-0.2, -0.15) is 0 Å². The summed E-state index contributed by atoms with van der Waals surface area (Å²) >= 11 is 0. The van der Waals surface area contributed by atoms with E-state index in [1.165, 1.54) is 0 Å². The summed E-state index contributed by atoms with van der Waals surface area (Å²) in [6, 6.07) is 5.17. The molecule has 4 nitrogen and oxygen atoms in total. The van der Waals surface area contributed by atoms with Gasteiger partial charge in [0.25, 0.3) is 5.69 Å². The third-order valence-corrected chi connectivity index (χ3v) is 2.09. The van der Waals surface area contributed by atoms with Crippen molar-refractivity contribution in [2.45, 2.75) is 19.8 Å². The largest absolute Gasteiger partial charge is 0.396 e. The van der Waals surface area contributed by atoms with Gasteiger partial charge in [-0.1, -0.05) is 12.1 Å². The Labute approximate surface area is 82.3 Å². The Morgan fingerprint density at radius 2 is 2.21 bits per heavy atom. The molecule has 1 aromatic carbocycles. The van der Waals surface area contributed by atoms with Crippen LogP contribution in [0.2, 0.25) is 0 Å². The first-order valence-corrected chi connectivity index (χ1v) is 4.50. The van der Waals surface area contributed by atoms with Crippen LogP contribution in [0.25, 0.3) is 0 Å². The molecule has 4 heteroatoms. The zero-order valence-corrected chi connectivity index (χ0v) is 8.06. The van der Waals surface area contributed by atoms with E-state index in [4.69, 9.17) is 5.11 Å². The van der Waals surface area contributed by atoms with Crippen LogP contribution in [-0.4, -0.2) is 16.6 Å². The van der Waals surface area contributed by atoms with Gasteiger partial charge in [-0.15, -0.1) is 0 Å². The van der Waals surface area contributed by atoms with E-state index in [1.54, 1.807) is 19.1 Å². The molecule has 0 fully saturated rings. The maximum absolute atomic E-state index is 10.6. The zero-order valence-electron chi connectivity index (χ0n) is 8.06. The summed E-state index contributed by atoms with van der Waals surface area (Å²) in [4.78, 5) is 10.2. The van der Waals surface area contributed by atoms with E-state index in [2.05, 4.69) is 0 Å². The maximum Gasteiger partial charge on any atom is 0.272 e. The lowest BCUT2D eigenvalue weighted by Crippen LogP contribution is -1.95. The normalized spacial score (nSPS) is 10.1. The van der Waals surface area contributed by atoms with Gasteiger partial charge in [0.1, 0.15) is 0 Å².